The van der Waals surface area contributed by atoms with Gasteiger partial charge in [-0.15, -0.1) is 0 Å². The molecule has 1 fully saturated rings. The molecule has 1 aromatic carbocycles. The third-order valence-corrected chi connectivity index (χ3v) is 3.22. The summed E-state index contributed by atoms with van der Waals surface area (Å²) in [5.74, 6) is -0.165. The molecule has 17 heavy (non-hydrogen) atoms. The first kappa shape index (κ1) is 12.1. The van der Waals surface area contributed by atoms with Crippen LogP contribution in [0.15, 0.2) is 28.7 Å². The number of benzene rings is 1. The number of hydrogen-bond acceptors (Lipinski definition) is 2. The number of amides is 2. The lowest BCUT2D eigenvalue weighted by Crippen LogP contribution is -2.58. The standard InChI is InChI=1S/C12H13BrN2O2/c1-2-10-12(17)15(7-11(16)14-10)9-5-3-4-8(13)6-9/h3-6,10H,2,7H2,1H3,(H,14,16). The molecule has 5 heteroatoms. The summed E-state index contributed by atoms with van der Waals surface area (Å²) >= 11 is 3.36. The molecule has 1 unspecified atom stereocenters. The monoisotopic (exact) mass is 296 g/mol. The maximum atomic E-state index is 12.1. The van der Waals surface area contributed by atoms with Crippen LogP contribution in [-0.2, 0) is 9.59 Å². The molecule has 1 saturated heterocycles. The minimum Gasteiger partial charge on any atom is -0.343 e. The van der Waals surface area contributed by atoms with Crippen LogP contribution in [-0.4, -0.2) is 24.4 Å². The van der Waals surface area contributed by atoms with Crippen LogP contribution in [0.5, 0.6) is 0 Å². The maximum absolute atomic E-state index is 12.1. The van der Waals surface area contributed by atoms with Gasteiger partial charge in [-0.2, -0.15) is 0 Å². The summed E-state index contributed by atoms with van der Waals surface area (Å²) in [4.78, 5) is 25.2. The number of nitrogens with zero attached hydrogens (tertiary/aromatic N) is 1. The first-order valence-electron chi connectivity index (χ1n) is 5.48. The van der Waals surface area contributed by atoms with Gasteiger partial charge in [-0.25, -0.2) is 0 Å². The second-order valence-corrected chi connectivity index (χ2v) is 4.85. The molecular weight excluding hydrogens is 284 g/mol. The molecule has 1 heterocycles. The molecule has 2 amide bonds. The molecule has 0 aliphatic carbocycles. The van der Waals surface area contributed by atoms with E-state index in [0.29, 0.717) is 6.42 Å². The van der Waals surface area contributed by atoms with Gasteiger partial charge in [0.2, 0.25) is 11.8 Å². The molecule has 0 aromatic heterocycles. The van der Waals surface area contributed by atoms with Gasteiger partial charge in [-0.05, 0) is 24.6 Å². The molecule has 0 bridgehead atoms. The molecule has 2 rings (SSSR count). The van der Waals surface area contributed by atoms with Gasteiger partial charge in [0.15, 0.2) is 0 Å². The summed E-state index contributed by atoms with van der Waals surface area (Å²) in [6.45, 7) is 1.97. The fourth-order valence-electron chi connectivity index (χ4n) is 1.85. The first-order chi connectivity index (χ1) is 8.11. The van der Waals surface area contributed by atoms with E-state index in [1.807, 2.05) is 31.2 Å². The molecule has 1 aliphatic rings. The van der Waals surface area contributed by atoms with Crippen LogP contribution >= 0.6 is 15.9 Å². The lowest BCUT2D eigenvalue weighted by molar-refractivity contribution is -0.131. The van der Waals surface area contributed by atoms with Crippen LogP contribution < -0.4 is 10.2 Å². The molecular formula is C12H13BrN2O2. The number of anilines is 1. The number of hydrogen-bond donors (Lipinski definition) is 1. The Balaban J connectivity index is 2.30. The Morgan fingerprint density at radius 1 is 1.47 bits per heavy atom. The Morgan fingerprint density at radius 3 is 2.88 bits per heavy atom. The zero-order chi connectivity index (χ0) is 12.4. The Bertz CT molecular complexity index is 462. The zero-order valence-corrected chi connectivity index (χ0v) is 11.0. The summed E-state index contributed by atoms with van der Waals surface area (Å²) in [6.07, 6.45) is 0.606. The van der Waals surface area contributed by atoms with Crippen LogP contribution in [0.25, 0.3) is 0 Å². The molecule has 0 saturated carbocycles. The Kier molecular flexibility index (Phi) is 3.47. The second kappa shape index (κ2) is 4.87. The number of nitrogens with one attached hydrogen (secondary N) is 1. The highest BCUT2D eigenvalue weighted by Gasteiger charge is 2.32. The molecule has 90 valence electrons. The van der Waals surface area contributed by atoms with Crippen molar-refractivity contribution in [3.63, 3.8) is 0 Å². The van der Waals surface area contributed by atoms with Crippen molar-refractivity contribution in [2.75, 3.05) is 11.4 Å². The molecule has 0 spiro atoms. The van der Waals surface area contributed by atoms with Crippen LogP contribution in [0, 0.1) is 0 Å². The van der Waals surface area contributed by atoms with Gasteiger partial charge in [-0.1, -0.05) is 28.9 Å². The van der Waals surface area contributed by atoms with E-state index in [1.165, 1.54) is 4.90 Å². The van der Waals surface area contributed by atoms with Gasteiger partial charge in [0.1, 0.15) is 12.6 Å². The summed E-state index contributed by atoms with van der Waals surface area (Å²) in [5, 5.41) is 2.69. The highest BCUT2D eigenvalue weighted by atomic mass is 79.9. The normalized spacial score (nSPS) is 20.4. The SMILES string of the molecule is CCC1NC(=O)CN(c2cccc(Br)c2)C1=O. The van der Waals surface area contributed by atoms with Gasteiger partial charge in [-0.3, -0.25) is 9.59 Å². The van der Waals surface area contributed by atoms with E-state index in [-0.39, 0.29) is 18.4 Å². The lowest BCUT2D eigenvalue weighted by Gasteiger charge is -2.32. The largest absolute Gasteiger partial charge is 0.343 e. The van der Waals surface area contributed by atoms with Crippen molar-refractivity contribution in [1.82, 2.24) is 5.32 Å². The quantitative estimate of drug-likeness (QED) is 0.903. The van der Waals surface area contributed by atoms with E-state index < -0.39 is 6.04 Å². The van der Waals surface area contributed by atoms with E-state index in [0.717, 1.165) is 10.2 Å². The van der Waals surface area contributed by atoms with Crippen LogP contribution in [0.2, 0.25) is 0 Å². The van der Waals surface area contributed by atoms with Gasteiger partial charge >= 0.3 is 0 Å². The average Bonchev–Trinajstić information content (AvgIpc) is 2.31. The van der Waals surface area contributed by atoms with Gasteiger partial charge in [0.25, 0.3) is 0 Å². The Hall–Kier alpha value is -1.36. The number of halogens is 1. The zero-order valence-electron chi connectivity index (χ0n) is 9.44. The van der Waals surface area contributed by atoms with Crippen molar-refractivity contribution >= 4 is 33.4 Å². The fourth-order valence-corrected chi connectivity index (χ4v) is 2.24. The first-order valence-corrected chi connectivity index (χ1v) is 6.27. The highest BCUT2D eigenvalue weighted by molar-refractivity contribution is 9.10. The van der Waals surface area contributed by atoms with Gasteiger partial charge in [0.05, 0.1) is 0 Å². The van der Waals surface area contributed by atoms with Crippen molar-refractivity contribution in [3.8, 4) is 0 Å². The summed E-state index contributed by atoms with van der Waals surface area (Å²) in [7, 11) is 0. The topological polar surface area (TPSA) is 49.4 Å². The van der Waals surface area contributed by atoms with Crippen LogP contribution in [0.3, 0.4) is 0 Å². The Labute approximate surface area is 108 Å². The van der Waals surface area contributed by atoms with E-state index >= 15 is 0 Å². The number of carbonyl (C=O) groups excluding carboxylic acids is 2. The van der Waals surface area contributed by atoms with E-state index in [4.69, 9.17) is 0 Å². The fraction of sp³-hybridized carbons (Fsp3) is 0.333. The summed E-state index contributed by atoms with van der Waals surface area (Å²) in [5.41, 5.74) is 0.748. The number of rotatable bonds is 2. The molecule has 0 radical (unpaired) electrons. The van der Waals surface area contributed by atoms with Crippen molar-refractivity contribution in [2.45, 2.75) is 19.4 Å². The van der Waals surface area contributed by atoms with Crippen molar-refractivity contribution in [3.05, 3.63) is 28.7 Å². The van der Waals surface area contributed by atoms with Gasteiger partial charge < -0.3 is 10.2 Å². The highest BCUT2D eigenvalue weighted by Crippen LogP contribution is 2.22. The third kappa shape index (κ3) is 2.49. The van der Waals surface area contributed by atoms with Crippen LogP contribution in [0.1, 0.15) is 13.3 Å². The number of carbonyl (C=O) groups is 2. The maximum Gasteiger partial charge on any atom is 0.250 e. The van der Waals surface area contributed by atoms with Crippen LogP contribution in [0.4, 0.5) is 5.69 Å². The minimum absolute atomic E-state index is 0.0507. The van der Waals surface area contributed by atoms with Gasteiger partial charge in [0, 0.05) is 10.2 Å². The smallest absolute Gasteiger partial charge is 0.250 e. The van der Waals surface area contributed by atoms with E-state index in [2.05, 4.69) is 21.2 Å². The predicted octanol–water partition coefficient (Wildman–Crippen LogP) is 1.69. The molecule has 1 aromatic rings. The molecule has 1 atom stereocenters. The molecule has 4 nitrogen and oxygen atoms in total. The lowest BCUT2D eigenvalue weighted by atomic mass is 10.1. The summed E-state index contributed by atoms with van der Waals surface area (Å²) in [6, 6.07) is 6.99. The molecule has 1 aliphatic heterocycles. The van der Waals surface area contributed by atoms with Crippen molar-refractivity contribution in [1.29, 1.82) is 0 Å². The minimum atomic E-state index is -0.407. The average molecular weight is 297 g/mol. The predicted molar refractivity (Wildman–Crippen MR) is 68.7 cm³/mol. The second-order valence-electron chi connectivity index (χ2n) is 3.93. The van der Waals surface area contributed by atoms with Crippen molar-refractivity contribution < 1.29 is 9.59 Å². The van der Waals surface area contributed by atoms with E-state index in [9.17, 15) is 9.59 Å². The summed E-state index contributed by atoms with van der Waals surface area (Å²) < 4.78 is 0.891. The van der Waals surface area contributed by atoms with E-state index in [1.54, 1.807) is 0 Å². The molecule has 1 N–H and O–H groups in total. The van der Waals surface area contributed by atoms with Crippen molar-refractivity contribution in [2.24, 2.45) is 0 Å². The Morgan fingerprint density at radius 2 is 2.24 bits per heavy atom. The number of piperazine rings is 1. The third-order valence-electron chi connectivity index (χ3n) is 2.73.